The van der Waals surface area contributed by atoms with Crippen LogP contribution in [0.15, 0.2) is 18.2 Å². The number of ether oxygens (including phenoxy) is 2. The molecule has 1 aromatic rings. The van der Waals surface area contributed by atoms with Crippen molar-refractivity contribution in [1.82, 2.24) is 5.32 Å². The van der Waals surface area contributed by atoms with Crippen molar-refractivity contribution < 1.29 is 19.4 Å². The summed E-state index contributed by atoms with van der Waals surface area (Å²) in [4.78, 5) is 12.0. The molecule has 2 amide bonds. The fraction of sp³-hybridized carbons (Fsp3) is 0.588. The van der Waals surface area contributed by atoms with Crippen molar-refractivity contribution in [2.24, 2.45) is 5.92 Å². The molecule has 1 saturated carbocycles. The topological polar surface area (TPSA) is 79.8 Å². The molecule has 3 N–H and O–H groups in total. The molecule has 6 heteroatoms. The first-order valence-corrected chi connectivity index (χ1v) is 8.09. The minimum absolute atomic E-state index is 0.259. The van der Waals surface area contributed by atoms with E-state index in [4.69, 9.17) is 9.47 Å². The molecule has 0 radical (unpaired) electrons. The zero-order valence-corrected chi connectivity index (χ0v) is 13.8. The SMILES string of the molecule is COc1ccc(NC(=O)NC[C@@H](O)C2CCCCC2)c(OC)c1. The first-order chi connectivity index (χ1) is 11.1. The van der Waals surface area contributed by atoms with E-state index in [0.717, 1.165) is 25.7 Å². The van der Waals surface area contributed by atoms with Crippen LogP contribution in [-0.4, -0.2) is 38.0 Å². The van der Waals surface area contributed by atoms with Gasteiger partial charge in [-0.3, -0.25) is 0 Å². The Hall–Kier alpha value is -1.95. The fourth-order valence-corrected chi connectivity index (χ4v) is 2.95. The number of carbonyl (C=O) groups excluding carboxylic acids is 1. The molecule has 23 heavy (non-hydrogen) atoms. The molecule has 1 aliphatic carbocycles. The maximum absolute atomic E-state index is 12.0. The Kier molecular flexibility index (Phi) is 6.52. The number of hydrogen-bond donors (Lipinski definition) is 3. The first-order valence-electron chi connectivity index (χ1n) is 8.09. The fourth-order valence-electron chi connectivity index (χ4n) is 2.95. The Morgan fingerprint density at radius 1 is 1.26 bits per heavy atom. The molecule has 6 nitrogen and oxygen atoms in total. The molecular formula is C17H26N2O4. The normalized spacial score (nSPS) is 16.5. The van der Waals surface area contributed by atoms with Gasteiger partial charge in [0, 0.05) is 12.6 Å². The third kappa shape index (κ3) is 5.03. The standard InChI is InChI=1S/C17H26N2O4/c1-22-13-8-9-14(16(10-13)23-2)19-17(21)18-11-15(20)12-6-4-3-5-7-12/h8-10,12,15,20H,3-7,11H2,1-2H3,(H2,18,19,21)/t15-/m1/s1. The molecule has 2 rings (SSSR count). The summed E-state index contributed by atoms with van der Waals surface area (Å²) in [5, 5.41) is 15.6. The van der Waals surface area contributed by atoms with Crippen molar-refractivity contribution in [2.45, 2.75) is 38.2 Å². The third-order valence-electron chi connectivity index (χ3n) is 4.32. The van der Waals surface area contributed by atoms with E-state index in [1.54, 1.807) is 25.3 Å². The summed E-state index contributed by atoms with van der Waals surface area (Å²) >= 11 is 0. The number of urea groups is 1. The summed E-state index contributed by atoms with van der Waals surface area (Å²) in [5.74, 6) is 1.47. The summed E-state index contributed by atoms with van der Waals surface area (Å²) in [6.45, 7) is 0.259. The Labute approximate surface area is 137 Å². The van der Waals surface area contributed by atoms with E-state index >= 15 is 0 Å². The van der Waals surface area contributed by atoms with E-state index in [1.165, 1.54) is 13.5 Å². The Morgan fingerprint density at radius 2 is 2.00 bits per heavy atom. The maximum Gasteiger partial charge on any atom is 0.319 e. The van der Waals surface area contributed by atoms with Gasteiger partial charge in [-0.05, 0) is 30.9 Å². The maximum atomic E-state index is 12.0. The number of hydrogen-bond acceptors (Lipinski definition) is 4. The number of amides is 2. The zero-order valence-electron chi connectivity index (χ0n) is 13.8. The van der Waals surface area contributed by atoms with Gasteiger partial charge in [-0.1, -0.05) is 19.3 Å². The molecule has 0 aliphatic heterocycles. The monoisotopic (exact) mass is 322 g/mol. The number of nitrogens with one attached hydrogen (secondary N) is 2. The Bertz CT molecular complexity index is 515. The van der Waals surface area contributed by atoms with Gasteiger partial charge in [0.15, 0.2) is 0 Å². The molecule has 0 aromatic heterocycles. The number of benzene rings is 1. The Balaban J connectivity index is 1.84. The second kappa shape index (κ2) is 8.62. The molecule has 128 valence electrons. The number of aliphatic hydroxyl groups is 1. The number of aliphatic hydroxyl groups excluding tert-OH is 1. The van der Waals surface area contributed by atoms with Crippen molar-refractivity contribution in [3.05, 3.63) is 18.2 Å². The van der Waals surface area contributed by atoms with Crippen molar-refractivity contribution >= 4 is 11.7 Å². The molecule has 0 spiro atoms. The van der Waals surface area contributed by atoms with E-state index in [0.29, 0.717) is 23.1 Å². The van der Waals surface area contributed by atoms with Crippen molar-refractivity contribution in [2.75, 3.05) is 26.1 Å². The summed E-state index contributed by atoms with van der Waals surface area (Å²) < 4.78 is 10.4. The number of anilines is 1. The van der Waals surface area contributed by atoms with Crippen molar-refractivity contribution in [3.8, 4) is 11.5 Å². The minimum Gasteiger partial charge on any atom is -0.497 e. The highest BCUT2D eigenvalue weighted by atomic mass is 16.5. The van der Waals surface area contributed by atoms with E-state index in [9.17, 15) is 9.90 Å². The minimum atomic E-state index is -0.487. The van der Waals surface area contributed by atoms with Gasteiger partial charge in [-0.15, -0.1) is 0 Å². The van der Waals surface area contributed by atoms with Crippen LogP contribution in [0.1, 0.15) is 32.1 Å². The summed E-state index contributed by atoms with van der Waals surface area (Å²) in [6.07, 6.45) is 5.16. The van der Waals surface area contributed by atoms with E-state index in [-0.39, 0.29) is 12.6 Å². The van der Waals surface area contributed by atoms with Gasteiger partial charge in [-0.2, -0.15) is 0 Å². The van der Waals surface area contributed by atoms with Gasteiger partial charge in [-0.25, -0.2) is 4.79 Å². The molecule has 0 unspecified atom stereocenters. The molecule has 0 heterocycles. The molecule has 0 bridgehead atoms. The van der Waals surface area contributed by atoms with E-state index < -0.39 is 6.10 Å². The second-order valence-electron chi connectivity index (χ2n) is 5.87. The molecule has 0 saturated heterocycles. The average Bonchev–Trinajstić information content (AvgIpc) is 2.60. The predicted molar refractivity (Wildman–Crippen MR) is 89.1 cm³/mol. The van der Waals surface area contributed by atoms with Crippen LogP contribution in [0.25, 0.3) is 0 Å². The van der Waals surface area contributed by atoms with E-state index in [1.807, 2.05) is 0 Å². The zero-order chi connectivity index (χ0) is 16.7. The first kappa shape index (κ1) is 17.4. The lowest BCUT2D eigenvalue weighted by atomic mass is 9.85. The highest BCUT2D eigenvalue weighted by Crippen LogP contribution is 2.29. The highest BCUT2D eigenvalue weighted by molar-refractivity contribution is 5.91. The van der Waals surface area contributed by atoms with Crippen molar-refractivity contribution in [1.29, 1.82) is 0 Å². The van der Waals surface area contributed by atoms with Crippen LogP contribution < -0.4 is 20.1 Å². The van der Waals surface area contributed by atoms with Crippen LogP contribution in [0.2, 0.25) is 0 Å². The van der Waals surface area contributed by atoms with Crippen LogP contribution in [0.3, 0.4) is 0 Å². The van der Waals surface area contributed by atoms with Gasteiger partial charge in [0.2, 0.25) is 0 Å². The van der Waals surface area contributed by atoms with Crippen LogP contribution in [0.4, 0.5) is 10.5 Å². The second-order valence-corrected chi connectivity index (χ2v) is 5.87. The molecule has 1 aromatic carbocycles. The third-order valence-corrected chi connectivity index (χ3v) is 4.32. The average molecular weight is 322 g/mol. The molecule has 1 aliphatic rings. The van der Waals surface area contributed by atoms with Gasteiger partial charge in [0.05, 0.1) is 26.0 Å². The number of rotatable bonds is 6. The van der Waals surface area contributed by atoms with Gasteiger partial charge in [0.1, 0.15) is 11.5 Å². The quantitative estimate of drug-likeness (QED) is 0.752. The summed E-state index contributed by atoms with van der Waals surface area (Å²) in [5.41, 5.74) is 0.554. The Morgan fingerprint density at radius 3 is 2.65 bits per heavy atom. The lowest BCUT2D eigenvalue weighted by Crippen LogP contribution is -2.39. The summed E-state index contributed by atoms with van der Waals surface area (Å²) in [7, 11) is 3.10. The molecule has 1 atom stereocenters. The number of methoxy groups -OCH3 is 2. The molecule has 1 fully saturated rings. The lowest BCUT2D eigenvalue weighted by Gasteiger charge is -2.26. The summed E-state index contributed by atoms with van der Waals surface area (Å²) in [6, 6.07) is 4.80. The van der Waals surface area contributed by atoms with Gasteiger partial charge in [0.25, 0.3) is 0 Å². The molecular weight excluding hydrogens is 296 g/mol. The largest absolute Gasteiger partial charge is 0.497 e. The van der Waals surface area contributed by atoms with Gasteiger partial charge < -0.3 is 25.2 Å². The predicted octanol–water partition coefficient (Wildman–Crippen LogP) is 2.77. The van der Waals surface area contributed by atoms with Crippen LogP contribution in [0, 0.1) is 5.92 Å². The lowest BCUT2D eigenvalue weighted by molar-refractivity contribution is 0.0863. The van der Waals surface area contributed by atoms with Crippen molar-refractivity contribution in [3.63, 3.8) is 0 Å². The number of carbonyl (C=O) groups is 1. The highest BCUT2D eigenvalue weighted by Gasteiger charge is 2.22. The van der Waals surface area contributed by atoms with Gasteiger partial charge >= 0.3 is 6.03 Å². The van der Waals surface area contributed by atoms with Crippen LogP contribution in [-0.2, 0) is 0 Å². The smallest absolute Gasteiger partial charge is 0.319 e. The van der Waals surface area contributed by atoms with Crippen LogP contribution >= 0.6 is 0 Å². The van der Waals surface area contributed by atoms with Crippen LogP contribution in [0.5, 0.6) is 11.5 Å². The van der Waals surface area contributed by atoms with E-state index in [2.05, 4.69) is 10.6 Å².